The first kappa shape index (κ1) is 16.2. The summed E-state index contributed by atoms with van der Waals surface area (Å²) in [5, 5.41) is 12.1. The number of carbonyl (C=O) groups excluding carboxylic acids is 1. The predicted molar refractivity (Wildman–Crippen MR) is 101 cm³/mol. The molecule has 0 saturated carbocycles. The van der Waals surface area contributed by atoms with Crippen LogP contribution in [0.5, 0.6) is 0 Å². The van der Waals surface area contributed by atoms with Crippen molar-refractivity contribution in [3.05, 3.63) is 53.9 Å². The molecule has 0 spiro atoms. The quantitative estimate of drug-likeness (QED) is 0.757. The van der Waals surface area contributed by atoms with Gasteiger partial charge in [0.1, 0.15) is 5.82 Å². The summed E-state index contributed by atoms with van der Waals surface area (Å²) in [5.41, 5.74) is 4.30. The van der Waals surface area contributed by atoms with Crippen molar-refractivity contribution in [2.45, 2.75) is 25.8 Å². The first-order chi connectivity index (χ1) is 12.7. The summed E-state index contributed by atoms with van der Waals surface area (Å²) >= 11 is 0. The smallest absolute Gasteiger partial charge is 0.226 e. The summed E-state index contributed by atoms with van der Waals surface area (Å²) in [5.74, 6) is 1.01. The van der Waals surface area contributed by atoms with Crippen LogP contribution in [0, 0.1) is 11.3 Å². The number of amides is 1. The Labute approximate surface area is 151 Å². The van der Waals surface area contributed by atoms with Gasteiger partial charge in [-0.15, -0.1) is 0 Å². The molecule has 6 nitrogen and oxygen atoms in total. The topological polar surface area (TPSA) is 84.8 Å². The summed E-state index contributed by atoms with van der Waals surface area (Å²) in [6, 6.07) is 15.3. The highest BCUT2D eigenvalue weighted by atomic mass is 16.2. The van der Waals surface area contributed by atoms with E-state index >= 15 is 0 Å². The van der Waals surface area contributed by atoms with Crippen LogP contribution in [0.3, 0.4) is 0 Å². The maximum absolute atomic E-state index is 12.1. The van der Waals surface area contributed by atoms with Crippen LogP contribution in [0.1, 0.15) is 30.7 Å². The molecular formula is C20H19N5O. The zero-order chi connectivity index (χ0) is 17.9. The number of carbonyl (C=O) groups is 1. The average Bonchev–Trinajstić information content (AvgIpc) is 3.09. The molecule has 2 N–H and O–H groups in total. The molecule has 2 aromatic carbocycles. The molecule has 0 aliphatic carbocycles. The minimum absolute atomic E-state index is 0.189. The van der Waals surface area contributed by atoms with Gasteiger partial charge in [-0.25, -0.2) is 4.98 Å². The zero-order valence-corrected chi connectivity index (χ0v) is 14.3. The monoisotopic (exact) mass is 345 g/mol. The van der Waals surface area contributed by atoms with E-state index in [0.717, 1.165) is 47.6 Å². The molecule has 130 valence electrons. The molecule has 2 heterocycles. The molecule has 1 amide bonds. The van der Waals surface area contributed by atoms with E-state index in [1.54, 1.807) is 12.1 Å². The number of piperidine rings is 1. The van der Waals surface area contributed by atoms with Gasteiger partial charge in [-0.2, -0.15) is 5.26 Å². The van der Waals surface area contributed by atoms with Gasteiger partial charge in [-0.1, -0.05) is 0 Å². The first-order valence-electron chi connectivity index (χ1n) is 8.76. The Bertz CT molecular complexity index is 984. The molecule has 1 aliphatic heterocycles. The average molecular weight is 345 g/mol. The number of fused-ring (bicyclic) bond motifs is 1. The van der Waals surface area contributed by atoms with E-state index in [4.69, 9.17) is 5.26 Å². The van der Waals surface area contributed by atoms with E-state index in [0.29, 0.717) is 18.5 Å². The minimum Gasteiger partial charge on any atom is -0.378 e. The fourth-order valence-electron chi connectivity index (χ4n) is 3.23. The van der Waals surface area contributed by atoms with E-state index < -0.39 is 0 Å². The Hall–Kier alpha value is -3.33. The number of hydrogen-bond acceptors (Lipinski definition) is 4. The van der Waals surface area contributed by atoms with Crippen LogP contribution in [-0.2, 0) is 11.3 Å². The van der Waals surface area contributed by atoms with Gasteiger partial charge in [-0.3, -0.25) is 4.79 Å². The van der Waals surface area contributed by atoms with E-state index in [-0.39, 0.29) is 5.91 Å². The first-order valence-corrected chi connectivity index (χ1v) is 8.76. The van der Waals surface area contributed by atoms with Crippen molar-refractivity contribution >= 4 is 28.3 Å². The van der Waals surface area contributed by atoms with Crippen LogP contribution in [0.4, 0.5) is 11.4 Å². The molecule has 6 heteroatoms. The van der Waals surface area contributed by atoms with E-state index in [1.165, 1.54) is 0 Å². The molecule has 26 heavy (non-hydrogen) atoms. The lowest BCUT2D eigenvalue weighted by Crippen LogP contribution is -2.35. The third kappa shape index (κ3) is 3.24. The van der Waals surface area contributed by atoms with Crippen LogP contribution in [0.2, 0.25) is 0 Å². The lowest BCUT2D eigenvalue weighted by molar-refractivity contribution is -0.119. The van der Waals surface area contributed by atoms with Crippen LogP contribution in [-0.4, -0.2) is 22.4 Å². The zero-order valence-electron chi connectivity index (χ0n) is 14.3. The Kier molecular flexibility index (Phi) is 4.28. The number of H-pyrrole nitrogens is 1. The van der Waals surface area contributed by atoms with Crippen molar-refractivity contribution < 1.29 is 4.79 Å². The summed E-state index contributed by atoms with van der Waals surface area (Å²) in [6.45, 7) is 1.33. The van der Waals surface area contributed by atoms with Crippen molar-refractivity contribution in [3.63, 3.8) is 0 Å². The summed E-state index contributed by atoms with van der Waals surface area (Å²) in [7, 11) is 0. The number of anilines is 2. The SMILES string of the molecule is N#Cc1ccc(NCc2nc3cc(N4CCCCC4=O)ccc3[nH]2)cc1. The van der Waals surface area contributed by atoms with Crippen LogP contribution >= 0.6 is 0 Å². The number of nitriles is 1. The van der Waals surface area contributed by atoms with Crippen LogP contribution < -0.4 is 10.2 Å². The standard InChI is InChI=1S/C20H19N5O/c21-12-14-4-6-15(7-5-14)22-13-19-23-17-9-8-16(11-18(17)24-19)25-10-2-1-3-20(25)26/h4-9,11,22H,1-3,10,13H2,(H,23,24). The van der Waals surface area contributed by atoms with Gasteiger partial charge in [0.15, 0.2) is 0 Å². The Morgan fingerprint density at radius 2 is 2.04 bits per heavy atom. The van der Waals surface area contributed by atoms with Crippen LogP contribution in [0.15, 0.2) is 42.5 Å². The number of nitrogens with zero attached hydrogens (tertiary/aromatic N) is 3. The number of aromatic amines is 1. The van der Waals surface area contributed by atoms with Crippen molar-refractivity contribution in [2.24, 2.45) is 0 Å². The van der Waals surface area contributed by atoms with Gasteiger partial charge < -0.3 is 15.2 Å². The molecule has 0 radical (unpaired) electrons. The number of imidazole rings is 1. The van der Waals surface area contributed by atoms with Crippen molar-refractivity contribution in [1.82, 2.24) is 9.97 Å². The Balaban J connectivity index is 1.50. The van der Waals surface area contributed by atoms with Crippen molar-refractivity contribution in [3.8, 4) is 6.07 Å². The Morgan fingerprint density at radius 1 is 1.19 bits per heavy atom. The summed E-state index contributed by atoms with van der Waals surface area (Å²) in [4.78, 5) is 21.9. The van der Waals surface area contributed by atoms with Gasteiger partial charge in [0.25, 0.3) is 0 Å². The van der Waals surface area contributed by atoms with Crippen LogP contribution in [0.25, 0.3) is 11.0 Å². The summed E-state index contributed by atoms with van der Waals surface area (Å²) in [6.07, 6.45) is 2.65. The number of rotatable bonds is 4. The predicted octanol–water partition coefficient (Wildman–Crippen LogP) is 3.56. The second-order valence-electron chi connectivity index (χ2n) is 6.43. The van der Waals surface area contributed by atoms with Gasteiger partial charge in [-0.05, 0) is 55.3 Å². The number of hydrogen-bond donors (Lipinski definition) is 2. The number of nitrogens with one attached hydrogen (secondary N) is 2. The molecular weight excluding hydrogens is 326 g/mol. The highest BCUT2D eigenvalue weighted by Crippen LogP contribution is 2.24. The molecule has 0 atom stereocenters. The van der Waals surface area contributed by atoms with Crippen molar-refractivity contribution in [1.29, 1.82) is 5.26 Å². The van der Waals surface area contributed by atoms with Gasteiger partial charge in [0, 0.05) is 24.3 Å². The number of benzene rings is 2. The van der Waals surface area contributed by atoms with Gasteiger partial charge in [0.05, 0.1) is 29.2 Å². The molecule has 0 bridgehead atoms. The molecule has 1 saturated heterocycles. The maximum Gasteiger partial charge on any atom is 0.226 e. The number of aromatic nitrogens is 2. The third-order valence-electron chi connectivity index (χ3n) is 4.62. The van der Waals surface area contributed by atoms with E-state index in [9.17, 15) is 4.79 Å². The second-order valence-corrected chi connectivity index (χ2v) is 6.43. The fourth-order valence-corrected chi connectivity index (χ4v) is 3.23. The lowest BCUT2D eigenvalue weighted by Gasteiger charge is -2.26. The van der Waals surface area contributed by atoms with Crippen molar-refractivity contribution in [2.75, 3.05) is 16.8 Å². The molecule has 1 aromatic heterocycles. The lowest BCUT2D eigenvalue weighted by atomic mass is 10.1. The fraction of sp³-hybridized carbons (Fsp3) is 0.250. The second kappa shape index (κ2) is 6.89. The highest BCUT2D eigenvalue weighted by Gasteiger charge is 2.20. The summed E-state index contributed by atoms with van der Waals surface area (Å²) < 4.78 is 0. The van der Waals surface area contributed by atoms with E-state index in [2.05, 4.69) is 21.4 Å². The molecule has 0 unspecified atom stereocenters. The maximum atomic E-state index is 12.1. The van der Waals surface area contributed by atoms with E-state index in [1.807, 2.05) is 35.2 Å². The highest BCUT2D eigenvalue weighted by molar-refractivity contribution is 5.95. The largest absolute Gasteiger partial charge is 0.378 e. The normalized spacial score (nSPS) is 14.4. The molecule has 4 rings (SSSR count). The minimum atomic E-state index is 0.189. The molecule has 1 fully saturated rings. The van der Waals surface area contributed by atoms with Gasteiger partial charge >= 0.3 is 0 Å². The molecule has 1 aliphatic rings. The molecule has 3 aromatic rings. The third-order valence-corrected chi connectivity index (χ3v) is 4.62. The Morgan fingerprint density at radius 3 is 2.81 bits per heavy atom. The van der Waals surface area contributed by atoms with Gasteiger partial charge in [0.2, 0.25) is 5.91 Å².